The highest BCUT2D eigenvalue weighted by Crippen LogP contribution is 2.52. The molecule has 1 spiro atoms. The maximum atomic E-state index is 11.2. The van der Waals surface area contributed by atoms with Gasteiger partial charge in [-0.15, -0.1) is 12.4 Å². The number of rotatable bonds is 1. The smallest absolute Gasteiger partial charge is 0.337 e. The van der Waals surface area contributed by atoms with Crippen LogP contribution in [0.3, 0.4) is 0 Å². The maximum Gasteiger partial charge on any atom is 0.337 e. The van der Waals surface area contributed by atoms with Crippen molar-refractivity contribution in [3.05, 3.63) is 0 Å². The van der Waals surface area contributed by atoms with Crippen LogP contribution in [0.5, 0.6) is 0 Å². The number of halogens is 1. The number of methoxy groups -OCH3 is 1. The first-order chi connectivity index (χ1) is 6.10. The molecule has 2 N–H and O–H groups in total. The van der Waals surface area contributed by atoms with Gasteiger partial charge in [-0.05, 0) is 31.2 Å². The van der Waals surface area contributed by atoms with Crippen LogP contribution in [0.2, 0.25) is 0 Å². The van der Waals surface area contributed by atoms with Crippen LogP contribution in [0.1, 0.15) is 19.3 Å². The van der Waals surface area contributed by atoms with Crippen LogP contribution in [-0.4, -0.2) is 36.9 Å². The van der Waals surface area contributed by atoms with E-state index in [4.69, 9.17) is 0 Å². The molecule has 1 aliphatic carbocycles. The molecule has 14 heavy (non-hydrogen) atoms. The van der Waals surface area contributed by atoms with Crippen LogP contribution in [-0.2, 0) is 9.53 Å². The minimum Gasteiger partial charge on any atom is -0.467 e. The third-order valence-electron chi connectivity index (χ3n) is 3.23. The topological polar surface area (TPSA) is 58.6 Å². The molecule has 0 atom stereocenters. The molecule has 1 heterocycles. The lowest BCUT2D eigenvalue weighted by Crippen LogP contribution is -2.58. The van der Waals surface area contributed by atoms with Gasteiger partial charge in [0.2, 0.25) is 0 Å². The van der Waals surface area contributed by atoms with E-state index in [0.29, 0.717) is 12.8 Å². The van der Waals surface area contributed by atoms with Gasteiger partial charge in [-0.25, -0.2) is 4.79 Å². The van der Waals surface area contributed by atoms with Gasteiger partial charge >= 0.3 is 5.97 Å². The number of esters is 1. The number of carbonyl (C=O) groups excluding carboxylic acids is 1. The summed E-state index contributed by atoms with van der Waals surface area (Å²) in [6.07, 6.45) is 2.17. The number of nitrogens with one attached hydrogen (secondary N) is 1. The first-order valence-corrected chi connectivity index (χ1v) is 4.62. The van der Waals surface area contributed by atoms with E-state index in [-0.39, 0.29) is 17.8 Å². The average Bonchev–Trinajstić information content (AvgIpc) is 2.50. The van der Waals surface area contributed by atoms with Gasteiger partial charge in [-0.2, -0.15) is 0 Å². The molecule has 4 nitrogen and oxygen atoms in total. The van der Waals surface area contributed by atoms with Crippen molar-refractivity contribution < 1.29 is 14.6 Å². The number of carbonyl (C=O) groups is 1. The Kier molecular flexibility index (Phi) is 3.09. The highest BCUT2D eigenvalue weighted by Gasteiger charge is 2.59. The van der Waals surface area contributed by atoms with Crippen molar-refractivity contribution in [2.75, 3.05) is 20.2 Å². The first kappa shape index (κ1) is 11.8. The molecule has 0 aromatic carbocycles. The molecule has 0 radical (unpaired) electrons. The van der Waals surface area contributed by atoms with Crippen LogP contribution in [0.25, 0.3) is 0 Å². The largest absolute Gasteiger partial charge is 0.467 e. The van der Waals surface area contributed by atoms with E-state index in [1.165, 1.54) is 7.11 Å². The predicted molar refractivity (Wildman–Crippen MR) is 53.4 cm³/mol. The van der Waals surface area contributed by atoms with E-state index in [1.807, 2.05) is 0 Å². The summed E-state index contributed by atoms with van der Waals surface area (Å²) in [5.74, 6) is -0.481. The highest BCUT2D eigenvalue weighted by molar-refractivity contribution is 5.85. The predicted octanol–water partition coefficient (Wildman–Crippen LogP) is 0.0858. The molecule has 0 aromatic rings. The molecule has 5 heteroatoms. The van der Waals surface area contributed by atoms with E-state index in [2.05, 4.69) is 10.1 Å². The second-order valence-electron chi connectivity index (χ2n) is 4.30. The molecule has 1 aliphatic heterocycles. The fourth-order valence-corrected chi connectivity index (χ4v) is 2.62. The SMILES string of the molecule is COC(=O)C1(O)CC2(CCNC2)C1.Cl. The Bertz CT molecular complexity index is 230. The van der Waals surface area contributed by atoms with Crippen LogP contribution in [0.4, 0.5) is 0 Å². The maximum absolute atomic E-state index is 11.2. The molecule has 82 valence electrons. The van der Waals surface area contributed by atoms with Crippen molar-refractivity contribution >= 4 is 18.4 Å². The minimum absolute atomic E-state index is 0. The summed E-state index contributed by atoms with van der Waals surface area (Å²) in [5.41, 5.74) is -1.02. The van der Waals surface area contributed by atoms with Crippen molar-refractivity contribution in [1.29, 1.82) is 0 Å². The first-order valence-electron chi connectivity index (χ1n) is 4.62. The second-order valence-corrected chi connectivity index (χ2v) is 4.30. The van der Waals surface area contributed by atoms with Gasteiger partial charge in [0.05, 0.1) is 7.11 Å². The third kappa shape index (κ3) is 1.62. The molecule has 2 fully saturated rings. The summed E-state index contributed by atoms with van der Waals surface area (Å²) in [7, 11) is 1.32. The Morgan fingerprint density at radius 2 is 2.14 bits per heavy atom. The van der Waals surface area contributed by atoms with Crippen molar-refractivity contribution in [1.82, 2.24) is 5.32 Å². The van der Waals surface area contributed by atoms with E-state index in [0.717, 1.165) is 19.5 Å². The zero-order chi connectivity index (χ0) is 9.53. The molecule has 0 unspecified atom stereocenters. The summed E-state index contributed by atoms with van der Waals surface area (Å²) in [5, 5.41) is 13.0. The summed E-state index contributed by atoms with van der Waals surface area (Å²) in [6.45, 7) is 1.92. The molecule has 2 rings (SSSR count). The molecule has 1 saturated carbocycles. The highest BCUT2D eigenvalue weighted by atomic mass is 35.5. The average molecular weight is 222 g/mol. The molecule has 0 bridgehead atoms. The standard InChI is InChI=1S/C9H15NO3.ClH/c1-13-7(11)9(12)4-8(5-9)2-3-10-6-8;/h10,12H,2-6H2,1H3;1H. The lowest BCUT2D eigenvalue weighted by atomic mass is 9.58. The van der Waals surface area contributed by atoms with E-state index < -0.39 is 11.6 Å². The number of hydrogen-bond donors (Lipinski definition) is 2. The zero-order valence-electron chi connectivity index (χ0n) is 8.21. The van der Waals surface area contributed by atoms with Gasteiger partial charge < -0.3 is 15.2 Å². The molecular formula is C9H16ClNO3. The van der Waals surface area contributed by atoms with Crippen molar-refractivity contribution in [2.24, 2.45) is 5.41 Å². The summed E-state index contributed by atoms with van der Waals surface area (Å²) in [6, 6.07) is 0. The summed E-state index contributed by atoms with van der Waals surface area (Å²) >= 11 is 0. The number of aliphatic hydroxyl groups is 1. The Morgan fingerprint density at radius 1 is 1.50 bits per heavy atom. The number of ether oxygens (including phenoxy) is 1. The van der Waals surface area contributed by atoms with Crippen molar-refractivity contribution in [2.45, 2.75) is 24.9 Å². The van der Waals surface area contributed by atoms with Gasteiger partial charge in [0, 0.05) is 6.54 Å². The van der Waals surface area contributed by atoms with Crippen LogP contribution in [0.15, 0.2) is 0 Å². The van der Waals surface area contributed by atoms with Gasteiger partial charge in [0.25, 0.3) is 0 Å². The van der Waals surface area contributed by atoms with E-state index >= 15 is 0 Å². The van der Waals surface area contributed by atoms with Gasteiger partial charge in [-0.1, -0.05) is 0 Å². The Balaban J connectivity index is 0.000000980. The monoisotopic (exact) mass is 221 g/mol. The second kappa shape index (κ2) is 3.68. The van der Waals surface area contributed by atoms with Crippen molar-refractivity contribution in [3.63, 3.8) is 0 Å². The van der Waals surface area contributed by atoms with E-state index in [9.17, 15) is 9.90 Å². The van der Waals surface area contributed by atoms with Gasteiger partial charge in [0.15, 0.2) is 5.60 Å². The summed E-state index contributed by atoms with van der Waals surface area (Å²) < 4.78 is 4.55. The molecule has 2 aliphatic rings. The molecule has 1 saturated heterocycles. The lowest BCUT2D eigenvalue weighted by molar-refractivity contribution is -0.188. The molecule has 0 aromatic heterocycles. The van der Waals surface area contributed by atoms with Crippen LogP contribution >= 0.6 is 12.4 Å². The Labute approximate surface area is 89.4 Å². The van der Waals surface area contributed by atoms with Crippen LogP contribution < -0.4 is 5.32 Å². The Morgan fingerprint density at radius 3 is 2.57 bits per heavy atom. The summed E-state index contributed by atoms with van der Waals surface area (Å²) in [4.78, 5) is 11.2. The minimum atomic E-state index is -1.19. The quantitative estimate of drug-likeness (QED) is 0.616. The third-order valence-corrected chi connectivity index (χ3v) is 3.23. The van der Waals surface area contributed by atoms with Gasteiger partial charge in [-0.3, -0.25) is 0 Å². The van der Waals surface area contributed by atoms with Crippen LogP contribution in [0, 0.1) is 5.41 Å². The Hall–Kier alpha value is -0.320. The molecular weight excluding hydrogens is 206 g/mol. The molecule has 0 amide bonds. The van der Waals surface area contributed by atoms with Crippen molar-refractivity contribution in [3.8, 4) is 0 Å². The number of hydrogen-bond acceptors (Lipinski definition) is 4. The zero-order valence-corrected chi connectivity index (χ0v) is 9.02. The normalized spacial score (nSPS) is 40.1. The lowest BCUT2D eigenvalue weighted by Gasteiger charge is -2.49. The van der Waals surface area contributed by atoms with E-state index in [1.54, 1.807) is 0 Å². The fraction of sp³-hybridized carbons (Fsp3) is 0.889. The van der Waals surface area contributed by atoms with Gasteiger partial charge in [0.1, 0.15) is 0 Å². The fourth-order valence-electron chi connectivity index (χ4n) is 2.62.